The van der Waals surface area contributed by atoms with Crippen LogP contribution in [0.2, 0.25) is 0 Å². The Bertz CT molecular complexity index is 976. The van der Waals surface area contributed by atoms with Gasteiger partial charge in [0.05, 0.1) is 22.5 Å². The average molecular weight is 452 g/mol. The van der Waals surface area contributed by atoms with Crippen LogP contribution in [0.5, 0.6) is 0 Å². The zero-order chi connectivity index (χ0) is 21.1. The van der Waals surface area contributed by atoms with Crippen molar-refractivity contribution in [2.45, 2.75) is 51.4 Å². The highest BCUT2D eigenvalue weighted by molar-refractivity contribution is 9.10. The Hall–Kier alpha value is -2.65. The summed E-state index contributed by atoms with van der Waals surface area (Å²) in [6.45, 7) is 10.7. The number of anilines is 2. The van der Waals surface area contributed by atoms with Crippen LogP contribution in [-0.2, 0) is 0 Å². The first kappa shape index (κ1) is 21.1. The summed E-state index contributed by atoms with van der Waals surface area (Å²) in [5, 5.41) is 15.7. The Labute approximate surface area is 181 Å². The van der Waals surface area contributed by atoms with Crippen molar-refractivity contribution in [2.75, 3.05) is 10.6 Å². The number of rotatable bonds is 3. The molecule has 6 heteroatoms. The van der Waals surface area contributed by atoms with Gasteiger partial charge >= 0.3 is 0 Å². The minimum atomic E-state index is -0.00223. The number of nitriles is 1. The summed E-state index contributed by atoms with van der Waals surface area (Å²) in [5.74, 6) is 1.87. The number of halogens is 1. The fraction of sp³-hybridized carbons (Fsp3) is 0.348. The molecule has 0 amide bonds. The Balaban J connectivity index is 1.86. The first-order chi connectivity index (χ1) is 13.8. The second-order valence-corrected chi connectivity index (χ2v) is 8.70. The number of aryl methyl sites for hydroxylation is 2. The van der Waals surface area contributed by atoms with Crippen molar-refractivity contribution in [3.63, 3.8) is 0 Å². The van der Waals surface area contributed by atoms with E-state index in [-0.39, 0.29) is 10.9 Å². The van der Waals surface area contributed by atoms with Gasteiger partial charge in [-0.15, -0.1) is 0 Å². The van der Waals surface area contributed by atoms with E-state index in [4.69, 9.17) is 10.3 Å². The second-order valence-electron chi connectivity index (χ2n) is 7.72. The number of nitrogens with one attached hydrogen (secondary N) is 2. The first-order valence-corrected chi connectivity index (χ1v) is 10.7. The number of benzene rings is 2. The Morgan fingerprint density at radius 1 is 1.07 bits per heavy atom. The number of guanidine groups is 1. The number of aliphatic imine (C=N–C) groups is 2. The molecule has 2 aromatic rings. The molecule has 5 nitrogen and oxygen atoms in total. The Morgan fingerprint density at radius 3 is 2.24 bits per heavy atom. The zero-order valence-electron chi connectivity index (χ0n) is 17.4. The number of nitrogens with zero attached hydrogens (tertiary/aromatic N) is 3. The molecule has 0 spiro atoms. The molecule has 3 rings (SSSR count). The topological polar surface area (TPSA) is 72.6 Å². The van der Waals surface area contributed by atoms with Crippen LogP contribution in [0, 0.1) is 25.2 Å². The van der Waals surface area contributed by atoms with Gasteiger partial charge in [0.2, 0.25) is 5.96 Å². The lowest BCUT2D eigenvalue weighted by Crippen LogP contribution is -2.37. The maximum Gasteiger partial charge on any atom is 0.224 e. The van der Waals surface area contributed by atoms with Gasteiger partial charge in [-0.1, -0.05) is 41.9 Å². The molecule has 2 atom stereocenters. The molecule has 0 saturated heterocycles. The molecular formula is C23H26BrN5. The standard InChI is InChI=1S/C23H26BrN5/c1-13(2)18-10-14(3)21(15(4)11-18)28-22-20(24)16(5)26-23(29-22)27-19-8-6-17(12-25)7-9-19/h6-11,13,16,20H,1-5H3,(H2,26,27,28,29). The smallest absolute Gasteiger partial charge is 0.224 e. The Kier molecular flexibility index (Phi) is 6.39. The SMILES string of the molecule is Cc1cc(C(C)C)cc(C)c1NC1=NC(Nc2ccc(C#N)cc2)=NC(C)C1Br. The van der Waals surface area contributed by atoms with Crippen molar-refractivity contribution in [1.82, 2.24) is 0 Å². The number of hydrogen-bond acceptors (Lipinski definition) is 5. The van der Waals surface area contributed by atoms with Crippen molar-refractivity contribution in [2.24, 2.45) is 9.98 Å². The van der Waals surface area contributed by atoms with E-state index < -0.39 is 0 Å². The van der Waals surface area contributed by atoms with Crippen LogP contribution < -0.4 is 10.6 Å². The lowest BCUT2D eigenvalue weighted by Gasteiger charge is -2.26. The summed E-state index contributed by atoms with van der Waals surface area (Å²) in [4.78, 5) is 9.36. The van der Waals surface area contributed by atoms with Gasteiger partial charge < -0.3 is 10.6 Å². The highest BCUT2D eigenvalue weighted by Gasteiger charge is 2.26. The lowest BCUT2D eigenvalue weighted by atomic mass is 9.97. The molecule has 0 bridgehead atoms. The minimum Gasteiger partial charge on any atom is -0.342 e. The van der Waals surface area contributed by atoms with Crippen molar-refractivity contribution in [1.29, 1.82) is 5.26 Å². The van der Waals surface area contributed by atoms with E-state index in [0.29, 0.717) is 17.4 Å². The van der Waals surface area contributed by atoms with Crippen LogP contribution >= 0.6 is 15.9 Å². The molecular weight excluding hydrogens is 426 g/mol. The van der Waals surface area contributed by atoms with Crippen molar-refractivity contribution in [3.05, 3.63) is 58.7 Å². The third kappa shape index (κ3) is 4.86. The van der Waals surface area contributed by atoms with Gasteiger partial charge in [0.1, 0.15) is 5.84 Å². The van der Waals surface area contributed by atoms with Gasteiger partial charge in [0.25, 0.3) is 0 Å². The molecule has 1 heterocycles. The van der Waals surface area contributed by atoms with Crippen LogP contribution in [0.1, 0.15) is 48.9 Å². The monoisotopic (exact) mass is 451 g/mol. The maximum atomic E-state index is 8.95. The highest BCUT2D eigenvalue weighted by atomic mass is 79.9. The molecule has 150 valence electrons. The predicted octanol–water partition coefficient (Wildman–Crippen LogP) is 5.74. The van der Waals surface area contributed by atoms with E-state index in [1.165, 1.54) is 16.7 Å². The third-order valence-electron chi connectivity index (χ3n) is 4.98. The lowest BCUT2D eigenvalue weighted by molar-refractivity contribution is 0.787. The minimum absolute atomic E-state index is 0.00223. The Morgan fingerprint density at radius 2 is 1.69 bits per heavy atom. The molecule has 0 radical (unpaired) electrons. The number of alkyl halides is 1. The molecule has 0 aromatic heterocycles. The average Bonchev–Trinajstić information content (AvgIpc) is 2.68. The maximum absolute atomic E-state index is 8.95. The molecule has 0 aliphatic carbocycles. The number of amidine groups is 1. The van der Waals surface area contributed by atoms with Gasteiger partial charge in [-0.25, -0.2) is 4.99 Å². The molecule has 1 aliphatic heterocycles. The second kappa shape index (κ2) is 8.79. The van der Waals surface area contributed by atoms with E-state index in [9.17, 15) is 0 Å². The summed E-state index contributed by atoms with van der Waals surface area (Å²) >= 11 is 3.73. The van der Waals surface area contributed by atoms with Crippen LogP contribution in [0.3, 0.4) is 0 Å². The molecule has 29 heavy (non-hydrogen) atoms. The largest absolute Gasteiger partial charge is 0.342 e. The van der Waals surface area contributed by atoms with E-state index >= 15 is 0 Å². The molecule has 0 saturated carbocycles. The molecule has 0 fully saturated rings. The molecule has 2 N–H and O–H groups in total. The van der Waals surface area contributed by atoms with E-state index in [1.54, 1.807) is 12.1 Å². The summed E-state index contributed by atoms with van der Waals surface area (Å²) in [6, 6.07) is 13.9. The summed E-state index contributed by atoms with van der Waals surface area (Å²) in [5.41, 5.74) is 6.30. The van der Waals surface area contributed by atoms with Crippen molar-refractivity contribution in [3.8, 4) is 6.07 Å². The summed E-state index contributed by atoms with van der Waals surface area (Å²) < 4.78 is 0. The van der Waals surface area contributed by atoms with E-state index in [0.717, 1.165) is 17.2 Å². The van der Waals surface area contributed by atoms with Gasteiger partial charge in [-0.05, 0) is 67.6 Å². The summed E-state index contributed by atoms with van der Waals surface area (Å²) in [7, 11) is 0. The van der Waals surface area contributed by atoms with Gasteiger partial charge in [0.15, 0.2) is 0 Å². The van der Waals surface area contributed by atoms with Gasteiger partial charge in [0, 0.05) is 11.4 Å². The van der Waals surface area contributed by atoms with E-state index in [1.807, 2.05) is 12.1 Å². The molecule has 1 aliphatic rings. The molecule has 2 aromatic carbocycles. The van der Waals surface area contributed by atoms with E-state index in [2.05, 4.69) is 84.4 Å². The van der Waals surface area contributed by atoms with Crippen LogP contribution in [0.25, 0.3) is 0 Å². The normalized spacial score (nSPS) is 18.7. The van der Waals surface area contributed by atoms with Crippen molar-refractivity contribution < 1.29 is 0 Å². The fourth-order valence-corrected chi connectivity index (χ4v) is 3.60. The van der Waals surface area contributed by atoms with Gasteiger partial charge in [-0.2, -0.15) is 10.3 Å². The third-order valence-corrected chi connectivity index (χ3v) is 6.18. The van der Waals surface area contributed by atoms with Gasteiger partial charge in [-0.3, -0.25) is 0 Å². The van der Waals surface area contributed by atoms with Crippen molar-refractivity contribution >= 4 is 39.1 Å². The fourth-order valence-electron chi connectivity index (χ4n) is 3.26. The predicted molar refractivity (Wildman–Crippen MR) is 125 cm³/mol. The van der Waals surface area contributed by atoms with Crippen LogP contribution in [0.15, 0.2) is 46.4 Å². The van der Waals surface area contributed by atoms with Crippen LogP contribution in [-0.4, -0.2) is 22.7 Å². The summed E-state index contributed by atoms with van der Waals surface area (Å²) in [6.07, 6.45) is 0. The highest BCUT2D eigenvalue weighted by Crippen LogP contribution is 2.28. The zero-order valence-corrected chi connectivity index (χ0v) is 19.0. The first-order valence-electron chi connectivity index (χ1n) is 9.74. The van der Waals surface area contributed by atoms with Crippen LogP contribution in [0.4, 0.5) is 11.4 Å². The number of hydrogen-bond donors (Lipinski definition) is 2. The quantitative estimate of drug-likeness (QED) is 0.583. The molecule has 2 unspecified atom stereocenters.